The minimum atomic E-state index is 0.403. The molecule has 1 aromatic carbocycles. The van der Waals surface area contributed by atoms with E-state index in [4.69, 9.17) is 16.1 Å². The van der Waals surface area contributed by atoms with Crippen LogP contribution in [-0.4, -0.2) is 28.1 Å². The zero-order chi connectivity index (χ0) is 14.8. The molecule has 1 unspecified atom stereocenters. The number of halogens is 1. The Labute approximate surface area is 130 Å². The van der Waals surface area contributed by atoms with Gasteiger partial charge in [0, 0.05) is 17.0 Å². The lowest BCUT2D eigenvalue weighted by molar-refractivity contribution is 0.151. The van der Waals surface area contributed by atoms with Crippen LogP contribution in [0.15, 0.2) is 28.8 Å². The minimum Gasteiger partial charge on any atom is -0.339 e. The lowest BCUT2D eigenvalue weighted by atomic mass is 9.94. The number of aromatic nitrogens is 2. The van der Waals surface area contributed by atoms with Crippen LogP contribution in [-0.2, 0) is 0 Å². The van der Waals surface area contributed by atoms with Crippen molar-refractivity contribution in [2.24, 2.45) is 0 Å². The summed E-state index contributed by atoms with van der Waals surface area (Å²) in [5, 5.41) is 4.68. The number of hydrogen-bond donors (Lipinski definition) is 0. The van der Waals surface area contributed by atoms with Gasteiger partial charge in [-0.2, -0.15) is 4.98 Å². The summed E-state index contributed by atoms with van der Waals surface area (Å²) in [7, 11) is 0. The monoisotopic (exact) mass is 305 g/mol. The van der Waals surface area contributed by atoms with E-state index in [2.05, 4.69) is 34.1 Å². The lowest BCUT2D eigenvalue weighted by Crippen LogP contribution is -2.35. The third kappa shape index (κ3) is 3.27. The molecule has 0 amide bonds. The van der Waals surface area contributed by atoms with Gasteiger partial charge in [0.1, 0.15) is 0 Å². The third-order valence-electron chi connectivity index (χ3n) is 4.32. The predicted molar refractivity (Wildman–Crippen MR) is 82.5 cm³/mol. The van der Waals surface area contributed by atoms with E-state index in [-0.39, 0.29) is 0 Å². The lowest BCUT2D eigenvalue weighted by Gasteiger charge is -2.35. The Hall–Kier alpha value is -1.39. The molecule has 2 heterocycles. The second-order valence-corrected chi connectivity index (χ2v) is 6.15. The van der Waals surface area contributed by atoms with Crippen LogP contribution in [0.1, 0.15) is 49.0 Å². The number of likely N-dealkylation sites (tertiary alicyclic amines) is 1. The number of aryl methyl sites for hydroxylation is 1. The van der Waals surface area contributed by atoms with Crippen molar-refractivity contribution in [2.75, 3.05) is 13.1 Å². The fourth-order valence-electron chi connectivity index (χ4n) is 2.96. The highest BCUT2D eigenvalue weighted by Crippen LogP contribution is 2.31. The highest BCUT2D eigenvalue weighted by atomic mass is 35.5. The van der Waals surface area contributed by atoms with E-state index < -0.39 is 0 Å². The number of piperidine rings is 1. The Balaban J connectivity index is 1.61. The van der Waals surface area contributed by atoms with Crippen molar-refractivity contribution in [3.8, 4) is 0 Å². The van der Waals surface area contributed by atoms with E-state index >= 15 is 0 Å². The van der Waals surface area contributed by atoms with E-state index in [0.29, 0.717) is 12.0 Å². The number of rotatable bonds is 3. The molecule has 1 atom stereocenters. The summed E-state index contributed by atoms with van der Waals surface area (Å²) in [4.78, 5) is 6.86. The van der Waals surface area contributed by atoms with Crippen LogP contribution in [0.5, 0.6) is 0 Å². The van der Waals surface area contributed by atoms with E-state index in [1.54, 1.807) is 0 Å². The number of benzene rings is 1. The predicted octanol–water partition coefficient (Wildman–Crippen LogP) is 3.97. The van der Waals surface area contributed by atoms with Gasteiger partial charge < -0.3 is 4.52 Å². The van der Waals surface area contributed by atoms with Gasteiger partial charge >= 0.3 is 0 Å². The molecular weight excluding hydrogens is 286 g/mol. The van der Waals surface area contributed by atoms with Crippen LogP contribution in [0, 0.1) is 6.92 Å². The summed E-state index contributed by atoms with van der Waals surface area (Å²) in [5.74, 6) is 1.92. The van der Waals surface area contributed by atoms with Gasteiger partial charge in [-0.15, -0.1) is 0 Å². The summed E-state index contributed by atoms with van der Waals surface area (Å²) in [5.41, 5.74) is 1.31. The molecule has 0 bridgehead atoms. The van der Waals surface area contributed by atoms with Gasteiger partial charge in [-0.25, -0.2) is 0 Å². The molecule has 112 valence electrons. The first kappa shape index (κ1) is 14.5. The summed E-state index contributed by atoms with van der Waals surface area (Å²) in [6, 6.07) is 8.55. The van der Waals surface area contributed by atoms with Crippen molar-refractivity contribution in [1.29, 1.82) is 0 Å². The van der Waals surface area contributed by atoms with Gasteiger partial charge in [0.15, 0.2) is 5.82 Å². The first-order chi connectivity index (χ1) is 10.1. The van der Waals surface area contributed by atoms with Crippen LogP contribution < -0.4 is 0 Å². The summed E-state index contributed by atoms with van der Waals surface area (Å²) >= 11 is 5.95. The van der Waals surface area contributed by atoms with Crippen molar-refractivity contribution < 1.29 is 4.52 Å². The molecule has 21 heavy (non-hydrogen) atoms. The van der Waals surface area contributed by atoms with Gasteiger partial charge in [-0.3, -0.25) is 4.90 Å². The van der Waals surface area contributed by atoms with E-state index in [0.717, 1.165) is 42.7 Å². The summed E-state index contributed by atoms with van der Waals surface area (Å²) < 4.78 is 5.30. The second kappa shape index (κ2) is 6.16. The van der Waals surface area contributed by atoms with Gasteiger partial charge in [-0.05, 0) is 57.5 Å². The van der Waals surface area contributed by atoms with Crippen molar-refractivity contribution in [3.63, 3.8) is 0 Å². The van der Waals surface area contributed by atoms with Gasteiger partial charge in [-0.1, -0.05) is 28.9 Å². The molecule has 4 nitrogen and oxygen atoms in total. The molecule has 0 saturated carbocycles. The van der Waals surface area contributed by atoms with Crippen molar-refractivity contribution >= 4 is 11.6 Å². The molecule has 2 aromatic rings. The number of hydrogen-bond acceptors (Lipinski definition) is 4. The number of nitrogens with zero attached hydrogens (tertiary/aromatic N) is 3. The minimum absolute atomic E-state index is 0.403. The Kier molecular flexibility index (Phi) is 4.27. The fourth-order valence-corrected chi connectivity index (χ4v) is 3.09. The molecule has 0 N–H and O–H groups in total. The van der Waals surface area contributed by atoms with Gasteiger partial charge in [0.05, 0.1) is 0 Å². The molecule has 1 aliphatic heterocycles. The highest BCUT2D eigenvalue weighted by molar-refractivity contribution is 6.30. The zero-order valence-corrected chi connectivity index (χ0v) is 13.2. The Morgan fingerprint density at radius 2 is 1.90 bits per heavy atom. The van der Waals surface area contributed by atoms with Gasteiger partial charge in [0.25, 0.3) is 0 Å². The Morgan fingerprint density at radius 3 is 2.48 bits per heavy atom. The van der Waals surface area contributed by atoms with Crippen LogP contribution >= 0.6 is 11.6 Å². The fraction of sp³-hybridized carbons (Fsp3) is 0.500. The Bertz CT molecular complexity index is 588. The maximum atomic E-state index is 5.95. The molecule has 0 spiro atoms. The zero-order valence-electron chi connectivity index (χ0n) is 12.4. The average Bonchev–Trinajstić information content (AvgIpc) is 2.94. The van der Waals surface area contributed by atoms with Crippen molar-refractivity contribution in [1.82, 2.24) is 15.0 Å². The summed E-state index contributed by atoms with van der Waals surface area (Å²) in [6.07, 6.45) is 2.14. The second-order valence-electron chi connectivity index (χ2n) is 5.72. The van der Waals surface area contributed by atoms with Crippen LogP contribution in [0.4, 0.5) is 0 Å². The molecular formula is C16H20ClN3O. The molecule has 1 aromatic heterocycles. The summed E-state index contributed by atoms with van der Waals surface area (Å²) in [6.45, 7) is 6.22. The standard InChI is InChI=1S/C16H20ClN3O/c1-11(13-3-5-15(17)6-4-13)20-9-7-14(8-10-20)16-18-12(2)19-21-16/h3-6,11,14H,7-10H2,1-2H3. The Morgan fingerprint density at radius 1 is 1.24 bits per heavy atom. The maximum Gasteiger partial charge on any atom is 0.229 e. The molecule has 5 heteroatoms. The normalized spacial score (nSPS) is 18.8. The third-order valence-corrected chi connectivity index (χ3v) is 4.57. The quantitative estimate of drug-likeness (QED) is 0.860. The van der Waals surface area contributed by atoms with E-state index in [1.165, 1.54) is 5.56 Å². The largest absolute Gasteiger partial charge is 0.339 e. The first-order valence-electron chi connectivity index (χ1n) is 7.43. The molecule has 0 radical (unpaired) electrons. The van der Waals surface area contributed by atoms with Crippen molar-refractivity contribution in [3.05, 3.63) is 46.6 Å². The van der Waals surface area contributed by atoms with Crippen LogP contribution in [0.2, 0.25) is 5.02 Å². The average molecular weight is 306 g/mol. The van der Waals surface area contributed by atoms with Crippen LogP contribution in [0.3, 0.4) is 0 Å². The molecule has 1 saturated heterocycles. The first-order valence-corrected chi connectivity index (χ1v) is 7.81. The van der Waals surface area contributed by atoms with Crippen LogP contribution in [0.25, 0.3) is 0 Å². The smallest absolute Gasteiger partial charge is 0.229 e. The molecule has 1 aliphatic rings. The van der Waals surface area contributed by atoms with E-state index in [9.17, 15) is 0 Å². The maximum absolute atomic E-state index is 5.95. The van der Waals surface area contributed by atoms with E-state index in [1.807, 2.05) is 19.1 Å². The van der Waals surface area contributed by atoms with Gasteiger partial charge in [0.2, 0.25) is 5.89 Å². The molecule has 1 fully saturated rings. The SMILES string of the molecule is Cc1noc(C2CCN(C(C)c3ccc(Cl)cc3)CC2)n1. The molecule has 3 rings (SSSR count). The highest BCUT2D eigenvalue weighted by Gasteiger charge is 2.27. The topological polar surface area (TPSA) is 42.2 Å². The van der Waals surface area contributed by atoms with Crippen molar-refractivity contribution in [2.45, 2.75) is 38.6 Å². The molecule has 0 aliphatic carbocycles.